The molecule has 0 bridgehead atoms. The van der Waals surface area contributed by atoms with Crippen molar-refractivity contribution in [2.24, 2.45) is 0 Å². The van der Waals surface area contributed by atoms with Crippen molar-refractivity contribution in [2.75, 3.05) is 13.2 Å². The molecule has 0 saturated carbocycles. The molecule has 8 nitrogen and oxygen atoms in total. The van der Waals surface area contributed by atoms with Crippen molar-refractivity contribution >= 4 is 11.9 Å². The Balaban J connectivity index is 0. The van der Waals surface area contributed by atoms with Crippen molar-refractivity contribution in [3.63, 3.8) is 0 Å². The van der Waals surface area contributed by atoms with Crippen LogP contribution in [0.1, 0.15) is 38.5 Å². The maximum atomic E-state index is 9.77. The molecule has 120 valence electrons. The van der Waals surface area contributed by atoms with Crippen molar-refractivity contribution in [1.29, 1.82) is 0 Å². The zero-order valence-electron chi connectivity index (χ0n) is 11.3. The van der Waals surface area contributed by atoms with E-state index in [1.54, 1.807) is 0 Å². The highest BCUT2D eigenvalue weighted by molar-refractivity contribution is 5.83. The first kappa shape index (κ1) is 21.1. The van der Waals surface area contributed by atoms with Crippen LogP contribution in [0.25, 0.3) is 0 Å². The zero-order valence-corrected chi connectivity index (χ0v) is 11.3. The summed E-state index contributed by atoms with van der Waals surface area (Å²) < 4.78 is 0. The van der Waals surface area contributed by atoms with E-state index in [4.69, 9.17) is 30.6 Å². The highest BCUT2D eigenvalue weighted by Crippen LogP contribution is 2.03. The van der Waals surface area contributed by atoms with Crippen molar-refractivity contribution in [2.45, 2.75) is 50.7 Å². The van der Waals surface area contributed by atoms with E-state index in [2.05, 4.69) is 0 Å². The first-order valence-electron chi connectivity index (χ1n) is 6.41. The number of aliphatic hydroxyl groups excluding tert-OH is 4. The van der Waals surface area contributed by atoms with Gasteiger partial charge in [0, 0.05) is 13.2 Å². The first-order valence-corrected chi connectivity index (χ1v) is 6.41. The van der Waals surface area contributed by atoms with E-state index in [0.29, 0.717) is 13.2 Å². The van der Waals surface area contributed by atoms with Crippen LogP contribution in [-0.2, 0) is 9.59 Å². The topological polar surface area (TPSA) is 156 Å². The minimum atomic E-state index is -2.27. The Labute approximate surface area is 117 Å². The summed E-state index contributed by atoms with van der Waals surface area (Å²) in [6.07, 6.45) is 1.97. The van der Waals surface area contributed by atoms with E-state index in [-0.39, 0.29) is 0 Å². The molecule has 0 rings (SSSR count). The van der Waals surface area contributed by atoms with E-state index in [1.165, 1.54) is 12.8 Å². The highest BCUT2D eigenvalue weighted by Gasteiger charge is 2.29. The average Bonchev–Trinajstić information content (AvgIpc) is 2.41. The molecule has 0 aliphatic rings. The van der Waals surface area contributed by atoms with Gasteiger partial charge in [-0.25, -0.2) is 9.59 Å². The van der Waals surface area contributed by atoms with E-state index < -0.39 is 24.1 Å². The molecule has 0 saturated heterocycles. The normalized spacial score (nSPS) is 13.0. The third-order valence-electron chi connectivity index (χ3n) is 2.37. The second-order valence-corrected chi connectivity index (χ2v) is 4.13. The van der Waals surface area contributed by atoms with E-state index in [1.807, 2.05) is 0 Å². The summed E-state index contributed by atoms with van der Waals surface area (Å²) in [5, 5.41) is 49.4. The van der Waals surface area contributed by atoms with Gasteiger partial charge < -0.3 is 30.6 Å². The number of carbonyl (C=O) groups is 2. The summed E-state index contributed by atoms with van der Waals surface area (Å²) in [5.41, 5.74) is 0. The molecule has 2 atom stereocenters. The van der Waals surface area contributed by atoms with Gasteiger partial charge in [0.25, 0.3) is 0 Å². The van der Waals surface area contributed by atoms with Gasteiger partial charge in [0.2, 0.25) is 0 Å². The molecule has 0 amide bonds. The van der Waals surface area contributed by atoms with Crippen molar-refractivity contribution in [3.05, 3.63) is 0 Å². The second-order valence-electron chi connectivity index (χ2n) is 4.13. The summed E-state index contributed by atoms with van der Waals surface area (Å²) in [7, 11) is 0. The third-order valence-corrected chi connectivity index (χ3v) is 2.37. The molecule has 6 N–H and O–H groups in total. The molecular weight excluding hydrogens is 272 g/mol. The first-order chi connectivity index (χ1) is 9.38. The SMILES string of the molecule is O=C(O)C(O)C(O)C(=O)O.OCCCCCCCCO. The number of carboxylic acids is 2. The summed E-state index contributed by atoms with van der Waals surface area (Å²) in [4.78, 5) is 19.5. The van der Waals surface area contributed by atoms with E-state index in [0.717, 1.165) is 25.7 Å². The van der Waals surface area contributed by atoms with Gasteiger partial charge in [0.15, 0.2) is 12.2 Å². The lowest BCUT2D eigenvalue weighted by Crippen LogP contribution is -2.39. The van der Waals surface area contributed by atoms with Crippen LogP contribution in [-0.4, -0.2) is 68.0 Å². The van der Waals surface area contributed by atoms with Crippen molar-refractivity contribution in [1.82, 2.24) is 0 Å². The lowest BCUT2D eigenvalue weighted by Gasteiger charge is -2.07. The van der Waals surface area contributed by atoms with Gasteiger partial charge in [0.1, 0.15) is 0 Å². The monoisotopic (exact) mass is 296 g/mol. The molecule has 0 radical (unpaired) electrons. The second kappa shape index (κ2) is 14.2. The number of rotatable bonds is 10. The molecular formula is C12H24O8. The average molecular weight is 296 g/mol. The quantitative estimate of drug-likeness (QED) is 0.286. The Hall–Kier alpha value is -1.22. The Morgan fingerprint density at radius 1 is 0.650 bits per heavy atom. The molecule has 0 spiro atoms. The molecule has 0 aromatic carbocycles. The van der Waals surface area contributed by atoms with E-state index >= 15 is 0 Å². The van der Waals surface area contributed by atoms with Gasteiger partial charge in [-0.2, -0.15) is 0 Å². The Kier molecular flexibility index (Phi) is 15.0. The highest BCUT2D eigenvalue weighted by atomic mass is 16.4. The smallest absolute Gasteiger partial charge is 0.335 e. The lowest BCUT2D eigenvalue weighted by molar-refractivity contribution is -0.165. The van der Waals surface area contributed by atoms with Crippen LogP contribution in [0.5, 0.6) is 0 Å². The number of aliphatic hydroxyl groups is 4. The third kappa shape index (κ3) is 13.2. The van der Waals surface area contributed by atoms with Crippen molar-refractivity contribution in [3.8, 4) is 0 Å². The van der Waals surface area contributed by atoms with Crippen LogP contribution >= 0.6 is 0 Å². The standard InChI is InChI=1S/C8H18O2.C4H6O6/c9-7-5-3-1-2-4-6-8-10;5-1(3(7)8)2(6)4(9)10/h9-10H,1-8H2;1-2,5-6H,(H,7,8)(H,9,10). The number of hydrogen-bond donors (Lipinski definition) is 6. The van der Waals surface area contributed by atoms with Crippen LogP contribution in [0.4, 0.5) is 0 Å². The molecule has 0 aromatic rings. The predicted octanol–water partition coefficient (Wildman–Crippen LogP) is -0.811. The maximum absolute atomic E-state index is 9.77. The van der Waals surface area contributed by atoms with Crippen molar-refractivity contribution < 1.29 is 40.2 Å². The Bertz CT molecular complexity index is 230. The van der Waals surface area contributed by atoms with E-state index in [9.17, 15) is 9.59 Å². The fraction of sp³-hybridized carbons (Fsp3) is 0.833. The number of hydrogen-bond acceptors (Lipinski definition) is 6. The molecule has 0 fully saturated rings. The molecule has 8 heteroatoms. The number of carboxylic acid groups (broad SMARTS) is 2. The summed E-state index contributed by atoms with van der Waals surface area (Å²) >= 11 is 0. The predicted molar refractivity (Wildman–Crippen MR) is 69.2 cm³/mol. The maximum Gasteiger partial charge on any atom is 0.335 e. The van der Waals surface area contributed by atoms with Crippen LogP contribution in [0, 0.1) is 0 Å². The van der Waals surface area contributed by atoms with Crippen LogP contribution in [0.15, 0.2) is 0 Å². The Morgan fingerprint density at radius 3 is 1.10 bits per heavy atom. The van der Waals surface area contributed by atoms with Crippen LogP contribution in [0.3, 0.4) is 0 Å². The van der Waals surface area contributed by atoms with Crippen LogP contribution < -0.4 is 0 Å². The summed E-state index contributed by atoms with van der Waals surface area (Å²) in [6, 6.07) is 0. The summed E-state index contributed by atoms with van der Waals surface area (Å²) in [6.45, 7) is 0.639. The van der Waals surface area contributed by atoms with Gasteiger partial charge in [0.05, 0.1) is 0 Å². The fourth-order valence-corrected chi connectivity index (χ4v) is 1.20. The molecule has 0 aliphatic carbocycles. The minimum absolute atomic E-state index is 0.319. The molecule has 20 heavy (non-hydrogen) atoms. The fourth-order valence-electron chi connectivity index (χ4n) is 1.20. The number of aliphatic carboxylic acids is 2. The summed E-state index contributed by atoms with van der Waals surface area (Å²) in [5.74, 6) is -3.54. The largest absolute Gasteiger partial charge is 0.479 e. The minimum Gasteiger partial charge on any atom is -0.479 e. The molecule has 0 aromatic heterocycles. The molecule has 0 heterocycles. The molecule has 2 unspecified atom stereocenters. The van der Waals surface area contributed by atoms with Gasteiger partial charge in [-0.15, -0.1) is 0 Å². The van der Waals surface area contributed by atoms with Crippen LogP contribution in [0.2, 0.25) is 0 Å². The Morgan fingerprint density at radius 2 is 0.900 bits per heavy atom. The van der Waals surface area contributed by atoms with Gasteiger partial charge >= 0.3 is 11.9 Å². The van der Waals surface area contributed by atoms with Gasteiger partial charge in [-0.3, -0.25) is 0 Å². The van der Waals surface area contributed by atoms with Gasteiger partial charge in [-0.05, 0) is 12.8 Å². The zero-order chi connectivity index (χ0) is 16.0. The van der Waals surface area contributed by atoms with Gasteiger partial charge in [-0.1, -0.05) is 25.7 Å². The number of unbranched alkanes of at least 4 members (excludes halogenated alkanes) is 5. The molecule has 0 aliphatic heterocycles. The lowest BCUT2D eigenvalue weighted by atomic mass is 10.1.